The quantitative estimate of drug-likeness (QED) is 0.378. The van der Waals surface area contributed by atoms with Gasteiger partial charge >= 0.3 is 0 Å². The van der Waals surface area contributed by atoms with Crippen molar-refractivity contribution >= 4 is 23.4 Å². The molecule has 3 rings (SSSR count). The lowest BCUT2D eigenvalue weighted by Crippen LogP contribution is -2.51. The number of carbonyl (C=O) groups is 2. The zero-order valence-electron chi connectivity index (χ0n) is 21.5. The lowest BCUT2D eigenvalue weighted by atomic mass is 9.86. The highest BCUT2D eigenvalue weighted by Crippen LogP contribution is 2.31. The molecule has 0 bridgehead atoms. The Bertz CT molecular complexity index is 1140. The Morgan fingerprint density at radius 1 is 0.917 bits per heavy atom. The molecule has 0 fully saturated rings. The first kappa shape index (κ1) is 27.3. The van der Waals surface area contributed by atoms with Crippen molar-refractivity contribution in [1.29, 1.82) is 0 Å². The van der Waals surface area contributed by atoms with Gasteiger partial charge in [-0.3, -0.25) is 9.59 Å². The van der Waals surface area contributed by atoms with Gasteiger partial charge in [-0.25, -0.2) is 0 Å². The summed E-state index contributed by atoms with van der Waals surface area (Å²) in [6, 6.07) is 24.1. The van der Waals surface area contributed by atoms with Crippen LogP contribution in [0.4, 0.5) is 0 Å². The van der Waals surface area contributed by atoms with Crippen LogP contribution >= 0.6 is 11.6 Å². The fourth-order valence-corrected chi connectivity index (χ4v) is 4.19. The summed E-state index contributed by atoms with van der Waals surface area (Å²) in [5.41, 5.74) is 2.73. The molecule has 3 aromatic carbocycles. The van der Waals surface area contributed by atoms with Crippen molar-refractivity contribution in [3.05, 3.63) is 101 Å². The Balaban J connectivity index is 1.91. The lowest BCUT2D eigenvalue weighted by molar-refractivity contribution is -0.142. The summed E-state index contributed by atoms with van der Waals surface area (Å²) in [6.07, 6.45) is 0.393. The molecular weight excluding hydrogens is 472 g/mol. The second-order valence-corrected chi connectivity index (χ2v) is 10.2. The SMILES string of the molecule is CCNC(=O)[C@H](Cc1ccccc1)N(Cc1ccc(Cl)cc1)C(=O)COc1ccccc1C(C)(C)C. The van der Waals surface area contributed by atoms with Crippen molar-refractivity contribution in [2.24, 2.45) is 0 Å². The summed E-state index contributed by atoms with van der Waals surface area (Å²) in [5.74, 6) is 0.210. The van der Waals surface area contributed by atoms with E-state index >= 15 is 0 Å². The van der Waals surface area contributed by atoms with E-state index in [1.807, 2.05) is 73.7 Å². The highest BCUT2D eigenvalue weighted by Gasteiger charge is 2.31. The van der Waals surface area contributed by atoms with E-state index in [0.717, 1.165) is 16.7 Å². The molecule has 0 heterocycles. The molecule has 190 valence electrons. The number of nitrogens with one attached hydrogen (secondary N) is 1. The first-order chi connectivity index (χ1) is 17.2. The van der Waals surface area contributed by atoms with Crippen LogP contribution < -0.4 is 10.1 Å². The number of carbonyl (C=O) groups excluding carboxylic acids is 2. The molecule has 1 N–H and O–H groups in total. The fourth-order valence-electron chi connectivity index (χ4n) is 4.07. The van der Waals surface area contributed by atoms with Crippen LogP contribution in [0.5, 0.6) is 5.75 Å². The molecule has 3 aromatic rings. The highest BCUT2D eigenvalue weighted by atomic mass is 35.5. The predicted molar refractivity (Wildman–Crippen MR) is 145 cm³/mol. The zero-order chi connectivity index (χ0) is 26.1. The Morgan fingerprint density at radius 3 is 2.19 bits per heavy atom. The molecule has 5 nitrogen and oxygen atoms in total. The number of hydrogen-bond donors (Lipinski definition) is 1. The van der Waals surface area contributed by atoms with Gasteiger partial charge in [0, 0.05) is 24.5 Å². The van der Waals surface area contributed by atoms with E-state index in [-0.39, 0.29) is 30.4 Å². The summed E-state index contributed by atoms with van der Waals surface area (Å²) in [5, 5.41) is 3.52. The molecular formula is C30H35ClN2O3. The predicted octanol–water partition coefficient (Wildman–Crippen LogP) is 5.79. The molecule has 6 heteroatoms. The van der Waals surface area contributed by atoms with Crippen molar-refractivity contribution in [3.63, 3.8) is 0 Å². The van der Waals surface area contributed by atoms with Crippen LogP contribution in [0.15, 0.2) is 78.9 Å². The van der Waals surface area contributed by atoms with Crippen molar-refractivity contribution in [2.45, 2.75) is 52.1 Å². The molecule has 0 aromatic heterocycles. The van der Waals surface area contributed by atoms with Gasteiger partial charge in [-0.2, -0.15) is 0 Å². The maximum atomic E-state index is 13.7. The maximum Gasteiger partial charge on any atom is 0.261 e. The number of ether oxygens (including phenoxy) is 1. The van der Waals surface area contributed by atoms with E-state index in [0.29, 0.717) is 23.7 Å². The third-order valence-electron chi connectivity index (χ3n) is 5.93. The Morgan fingerprint density at radius 2 is 1.56 bits per heavy atom. The molecule has 2 amide bonds. The minimum absolute atomic E-state index is 0.139. The van der Waals surface area contributed by atoms with E-state index < -0.39 is 6.04 Å². The zero-order valence-corrected chi connectivity index (χ0v) is 22.2. The van der Waals surface area contributed by atoms with Gasteiger partial charge in [0.1, 0.15) is 11.8 Å². The number of nitrogens with zero attached hydrogens (tertiary/aromatic N) is 1. The van der Waals surface area contributed by atoms with Crippen molar-refractivity contribution in [3.8, 4) is 5.75 Å². The average Bonchev–Trinajstić information content (AvgIpc) is 2.86. The van der Waals surface area contributed by atoms with Crippen molar-refractivity contribution in [2.75, 3.05) is 13.2 Å². The molecule has 0 aliphatic rings. The van der Waals surface area contributed by atoms with Crippen LogP contribution in [0.2, 0.25) is 5.02 Å². The van der Waals surface area contributed by atoms with E-state index in [9.17, 15) is 9.59 Å². The molecule has 0 aliphatic heterocycles. The average molecular weight is 507 g/mol. The summed E-state index contributed by atoms with van der Waals surface area (Å²) in [7, 11) is 0. The van der Waals surface area contributed by atoms with Gasteiger partial charge in [0.25, 0.3) is 5.91 Å². The second kappa shape index (κ2) is 12.6. The number of likely N-dealkylation sites (N-methyl/N-ethyl adjacent to an activating group) is 1. The second-order valence-electron chi connectivity index (χ2n) is 9.78. The number of halogens is 1. The van der Waals surface area contributed by atoms with Gasteiger partial charge in [-0.05, 0) is 47.2 Å². The van der Waals surface area contributed by atoms with Gasteiger partial charge < -0.3 is 15.0 Å². The van der Waals surface area contributed by atoms with Crippen LogP contribution in [0.1, 0.15) is 44.4 Å². The fraction of sp³-hybridized carbons (Fsp3) is 0.333. The molecule has 0 radical (unpaired) electrons. The number of rotatable bonds is 10. The number of para-hydroxylation sites is 1. The summed E-state index contributed by atoms with van der Waals surface area (Å²) in [6.45, 7) is 8.75. The van der Waals surface area contributed by atoms with Crippen LogP contribution in [0, 0.1) is 0 Å². The normalized spacial score (nSPS) is 12.0. The van der Waals surface area contributed by atoms with Crippen LogP contribution in [0.3, 0.4) is 0 Å². The first-order valence-corrected chi connectivity index (χ1v) is 12.6. The molecule has 1 atom stereocenters. The van der Waals surface area contributed by atoms with Gasteiger partial charge in [0.2, 0.25) is 5.91 Å². The van der Waals surface area contributed by atoms with Crippen LogP contribution in [-0.4, -0.2) is 35.9 Å². The number of benzene rings is 3. The largest absolute Gasteiger partial charge is 0.483 e. The van der Waals surface area contributed by atoms with Gasteiger partial charge in [-0.15, -0.1) is 0 Å². The van der Waals surface area contributed by atoms with Crippen molar-refractivity contribution < 1.29 is 14.3 Å². The van der Waals surface area contributed by atoms with Gasteiger partial charge in [0.15, 0.2) is 6.61 Å². The maximum absolute atomic E-state index is 13.7. The molecule has 36 heavy (non-hydrogen) atoms. The Labute approximate surface area is 219 Å². The van der Waals surface area contributed by atoms with Crippen molar-refractivity contribution in [1.82, 2.24) is 10.2 Å². The molecule has 0 saturated heterocycles. The van der Waals surface area contributed by atoms with Gasteiger partial charge in [-0.1, -0.05) is 93.0 Å². The third-order valence-corrected chi connectivity index (χ3v) is 6.19. The van der Waals surface area contributed by atoms with Crippen LogP contribution in [0.25, 0.3) is 0 Å². The van der Waals surface area contributed by atoms with Crippen LogP contribution in [-0.2, 0) is 28.0 Å². The van der Waals surface area contributed by atoms with E-state index in [4.69, 9.17) is 16.3 Å². The van der Waals surface area contributed by atoms with Gasteiger partial charge in [0.05, 0.1) is 0 Å². The third kappa shape index (κ3) is 7.59. The monoisotopic (exact) mass is 506 g/mol. The topological polar surface area (TPSA) is 58.6 Å². The van der Waals surface area contributed by atoms with E-state index in [2.05, 4.69) is 26.1 Å². The Kier molecular flexibility index (Phi) is 9.54. The Hall–Kier alpha value is -3.31. The first-order valence-electron chi connectivity index (χ1n) is 12.3. The van der Waals surface area contributed by atoms with E-state index in [1.54, 1.807) is 17.0 Å². The minimum Gasteiger partial charge on any atom is -0.483 e. The smallest absolute Gasteiger partial charge is 0.261 e. The minimum atomic E-state index is -0.697. The standard InChI is InChI=1S/C30H35ClN2O3/c1-5-32-29(35)26(19-22-11-7-6-8-12-22)33(20-23-15-17-24(31)18-16-23)28(34)21-36-27-14-10-9-13-25(27)30(2,3)4/h6-18,26H,5,19-21H2,1-4H3,(H,32,35)/t26-/m0/s1. The molecule has 0 aliphatic carbocycles. The highest BCUT2D eigenvalue weighted by molar-refractivity contribution is 6.30. The molecule has 0 spiro atoms. The molecule has 0 unspecified atom stereocenters. The summed E-state index contributed by atoms with van der Waals surface area (Å²) in [4.78, 5) is 28.5. The molecule has 0 saturated carbocycles. The lowest BCUT2D eigenvalue weighted by Gasteiger charge is -2.31. The summed E-state index contributed by atoms with van der Waals surface area (Å²) < 4.78 is 6.06. The van der Waals surface area contributed by atoms with E-state index in [1.165, 1.54) is 0 Å². The number of amides is 2. The summed E-state index contributed by atoms with van der Waals surface area (Å²) >= 11 is 6.08. The number of hydrogen-bond acceptors (Lipinski definition) is 3.